The van der Waals surface area contributed by atoms with E-state index in [9.17, 15) is 9.90 Å². The van der Waals surface area contributed by atoms with E-state index in [1.54, 1.807) is 0 Å². The van der Waals surface area contributed by atoms with Gasteiger partial charge < -0.3 is 14.4 Å². The molecule has 6 nitrogen and oxygen atoms in total. The predicted molar refractivity (Wildman–Crippen MR) is 114 cm³/mol. The predicted octanol–water partition coefficient (Wildman–Crippen LogP) is 3.27. The number of hydrogen-bond acceptors (Lipinski definition) is 5. The molecule has 6 heteroatoms. The molecule has 156 valence electrons. The fraction of sp³-hybridized carbons (Fsp3) is 0.417. The van der Waals surface area contributed by atoms with E-state index in [0.29, 0.717) is 17.4 Å². The first-order valence-electron chi connectivity index (χ1n) is 10.6. The van der Waals surface area contributed by atoms with E-state index < -0.39 is 0 Å². The number of aliphatic hydroxyl groups excluding tert-OH is 1. The molecule has 1 N–H and O–H groups in total. The van der Waals surface area contributed by atoms with Crippen molar-refractivity contribution in [3.8, 4) is 0 Å². The smallest absolute Gasteiger partial charge is 0.337 e. The van der Waals surface area contributed by atoms with Gasteiger partial charge in [-0.25, -0.2) is 9.78 Å². The lowest BCUT2D eigenvalue weighted by atomic mass is 9.77. The second-order valence-corrected chi connectivity index (χ2v) is 8.65. The minimum atomic E-state index is -0.344. The third-order valence-corrected chi connectivity index (χ3v) is 6.80. The van der Waals surface area contributed by atoms with E-state index in [4.69, 9.17) is 4.74 Å². The van der Waals surface area contributed by atoms with E-state index in [1.165, 1.54) is 12.7 Å². The average molecular weight is 405 g/mol. The Kier molecular flexibility index (Phi) is 5.05. The van der Waals surface area contributed by atoms with Crippen LogP contribution in [0.15, 0.2) is 54.9 Å². The molecule has 1 aromatic heterocycles. The monoisotopic (exact) mass is 405 g/mol. The van der Waals surface area contributed by atoms with Gasteiger partial charge in [0.1, 0.15) is 0 Å². The third kappa shape index (κ3) is 3.50. The fourth-order valence-electron chi connectivity index (χ4n) is 5.30. The molecular weight excluding hydrogens is 378 g/mol. The van der Waals surface area contributed by atoms with Crippen LogP contribution in [0.25, 0.3) is 11.0 Å². The van der Waals surface area contributed by atoms with Crippen molar-refractivity contribution in [3.05, 3.63) is 66.0 Å². The summed E-state index contributed by atoms with van der Waals surface area (Å²) in [6.07, 6.45) is 3.35. The molecule has 3 aromatic rings. The maximum atomic E-state index is 11.6. The molecule has 2 aromatic carbocycles. The maximum absolute atomic E-state index is 11.6. The number of aliphatic hydroxyl groups is 1. The van der Waals surface area contributed by atoms with Crippen molar-refractivity contribution in [2.24, 2.45) is 11.8 Å². The Labute approximate surface area is 176 Å². The van der Waals surface area contributed by atoms with Gasteiger partial charge in [-0.15, -0.1) is 0 Å². The van der Waals surface area contributed by atoms with Crippen LogP contribution in [-0.2, 0) is 11.3 Å². The number of rotatable bonds is 4. The highest BCUT2D eigenvalue weighted by molar-refractivity contribution is 5.89. The largest absolute Gasteiger partial charge is 0.465 e. The van der Waals surface area contributed by atoms with Crippen LogP contribution in [0.1, 0.15) is 34.8 Å². The fourth-order valence-corrected chi connectivity index (χ4v) is 5.30. The number of aromatic nitrogens is 2. The van der Waals surface area contributed by atoms with Crippen LogP contribution in [-0.4, -0.2) is 51.8 Å². The summed E-state index contributed by atoms with van der Waals surface area (Å²) >= 11 is 0. The second kappa shape index (κ2) is 7.85. The Morgan fingerprint density at radius 2 is 1.83 bits per heavy atom. The first-order valence-corrected chi connectivity index (χ1v) is 10.6. The molecule has 0 bridgehead atoms. The van der Waals surface area contributed by atoms with Gasteiger partial charge in [-0.3, -0.25) is 4.90 Å². The number of imidazole rings is 1. The number of likely N-dealkylation sites (tertiary alicyclic amines) is 1. The number of methoxy groups -OCH3 is 1. The topological polar surface area (TPSA) is 67.6 Å². The summed E-state index contributed by atoms with van der Waals surface area (Å²) in [5, 5.41) is 10.9. The molecule has 30 heavy (non-hydrogen) atoms. The Morgan fingerprint density at radius 1 is 1.10 bits per heavy atom. The third-order valence-electron chi connectivity index (χ3n) is 6.80. The highest BCUT2D eigenvalue weighted by Gasteiger charge is 2.42. The molecule has 0 spiro atoms. The molecule has 1 aliphatic heterocycles. The van der Waals surface area contributed by atoms with Crippen molar-refractivity contribution in [2.45, 2.75) is 31.5 Å². The summed E-state index contributed by atoms with van der Waals surface area (Å²) in [5.41, 5.74) is 3.85. The van der Waals surface area contributed by atoms with E-state index in [2.05, 4.69) is 20.5 Å². The number of ether oxygens (including phenoxy) is 1. The molecule has 1 aliphatic carbocycles. The molecule has 0 amide bonds. The zero-order valence-electron chi connectivity index (χ0n) is 17.1. The number of hydrogen-bond donors (Lipinski definition) is 1. The second-order valence-electron chi connectivity index (χ2n) is 8.65. The molecular formula is C24H27N3O3. The number of esters is 1. The zero-order chi connectivity index (χ0) is 20.7. The van der Waals surface area contributed by atoms with E-state index >= 15 is 0 Å². The standard InChI is InChI=1S/C24H27N3O3/c1-30-24(29)17-8-6-16(7-9-17)12-26-13-18-10-22(23(28)11-19(18)14-26)27-15-25-20-4-2-3-5-21(20)27/h2-9,15,18-19,22-23,28H,10-14H2,1H3/t18-,19+,22-,23-/m1/s1. The van der Waals surface area contributed by atoms with Gasteiger partial charge in [-0.05, 0) is 54.5 Å². The Morgan fingerprint density at radius 3 is 2.60 bits per heavy atom. The molecule has 1 saturated heterocycles. The molecule has 0 unspecified atom stereocenters. The normalized spacial score (nSPS) is 26.6. The average Bonchev–Trinajstić information content (AvgIpc) is 3.36. The maximum Gasteiger partial charge on any atom is 0.337 e. The summed E-state index contributed by atoms with van der Waals surface area (Å²) in [4.78, 5) is 18.6. The molecule has 1 saturated carbocycles. The van der Waals surface area contributed by atoms with Crippen LogP contribution in [0.3, 0.4) is 0 Å². The van der Waals surface area contributed by atoms with Crippen molar-refractivity contribution < 1.29 is 14.6 Å². The van der Waals surface area contributed by atoms with Gasteiger partial charge in [-0.2, -0.15) is 0 Å². The van der Waals surface area contributed by atoms with Crippen molar-refractivity contribution in [2.75, 3.05) is 20.2 Å². The van der Waals surface area contributed by atoms with Crippen LogP contribution >= 0.6 is 0 Å². The van der Waals surface area contributed by atoms with E-state index in [0.717, 1.165) is 43.5 Å². The van der Waals surface area contributed by atoms with Gasteiger partial charge in [0.2, 0.25) is 0 Å². The van der Waals surface area contributed by atoms with Crippen molar-refractivity contribution in [3.63, 3.8) is 0 Å². The molecule has 4 atom stereocenters. The first-order chi connectivity index (χ1) is 14.6. The SMILES string of the molecule is COC(=O)c1ccc(CN2C[C@H]3C[C@@H](n4cnc5ccccc54)[C@H](O)C[C@H]3C2)cc1. The van der Waals surface area contributed by atoms with Crippen molar-refractivity contribution in [1.82, 2.24) is 14.5 Å². The van der Waals surface area contributed by atoms with Gasteiger partial charge in [0.05, 0.1) is 42.2 Å². The summed E-state index contributed by atoms with van der Waals surface area (Å²) in [5.74, 6) is 0.801. The zero-order valence-corrected chi connectivity index (χ0v) is 17.1. The minimum absolute atomic E-state index is 0.0814. The van der Waals surface area contributed by atoms with Crippen molar-refractivity contribution >= 4 is 17.0 Å². The van der Waals surface area contributed by atoms with Crippen LogP contribution in [0.2, 0.25) is 0 Å². The summed E-state index contributed by atoms with van der Waals surface area (Å²) in [6.45, 7) is 2.92. The number of carbonyl (C=O) groups is 1. The summed E-state index contributed by atoms with van der Waals surface area (Å²) < 4.78 is 6.94. The number of nitrogens with zero attached hydrogens (tertiary/aromatic N) is 3. The number of benzene rings is 2. The van der Waals surface area contributed by atoms with Gasteiger partial charge in [0.15, 0.2) is 0 Å². The van der Waals surface area contributed by atoms with E-state index in [-0.39, 0.29) is 18.1 Å². The lowest BCUT2D eigenvalue weighted by Crippen LogP contribution is -2.36. The molecule has 5 rings (SSSR count). The summed E-state index contributed by atoms with van der Waals surface area (Å²) in [6, 6.07) is 15.9. The van der Waals surface area contributed by atoms with Crippen molar-refractivity contribution in [1.29, 1.82) is 0 Å². The minimum Gasteiger partial charge on any atom is -0.465 e. The molecule has 2 aliphatic rings. The van der Waals surface area contributed by atoms with Crippen LogP contribution in [0.4, 0.5) is 0 Å². The lowest BCUT2D eigenvalue weighted by molar-refractivity contribution is 0.0374. The van der Waals surface area contributed by atoms with Crippen LogP contribution in [0.5, 0.6) is 0 Å². The Balaban J connectivity index is 1.27. The van der Waals surface area contributed by atoms with E-state index in [1.807, 2.05) is 48.8 Å². The van der Waals surface area contributed by atoms with Gasteiger partial charge >= 0.3 is 5.97 Å². The van der Waals surface area contributed by atoms with Gasteiger partial charge in [0.25, 0.3) is 0 Å². The molecule has 2 fully saturated rings. The first kappa shape index (κ1) is 19.3. The van der Waals surface area contributed by atoms with Crippen LogP contribution in [0, 0.1) is 11.8 Å². The Bertz CT molecular complexity index is 1050. The highest BCUT2D eigenvalue weighted by Crippen LogP contribution is 2.42. The number of para-hydroxylation sites is 2. The number of fused-ring (bicyclic) bond motifs is 2. The number of carbonyl (C=O) groups excluding carboxylic acids is 1. The van der Waals surface area contributed by atoms with Crippen LogP contribution < -0.4 is 0 Å². The lowest BCUT2D eigenvalue weighted by Gasteiger charge is -2.36. The molecule has 2 heterocycles. The Hall–Kier alpha value is -2.70. The molecule has 0 radical (unpaired) electrons. The van der Waals surface area contributed by atoms with Gasteiger partial charge in [-0.1, -0.05) is 24.3 Å². The quantitative estimate of drug-likeness (QED) is 0.675. The summed E-state index contributed by atoms with van der Waals surface area (Å²) in [7, 11) is 1.40. The highest BCUT2D eigenvalue weighted by atomic mass is 16.5. The van der Waals surface area contributed by atoms with Gasteiger partial charge in [0, 0.05) is 19.6 Å².